The molecule has 140 valence electrons. The van der Waals surface area contributed by atoms with E-state index in [0.29, 0.717) is 13.2 Å². The Bertz CT molecular complexity index is 603. The van der Waals surface area contributed by atoms with Crippen molar-refractivity contribution in [2.45, 2.75) is 32.3 Å². The maximum absolute atomic E-state index is 13.2. The van der Waals surface area contributed by atoms with Crippen molar-refractivity contribution in [3.63, 3.8) is 0 Å². The second-order valence-corrected chi connectivity index (χ2v) is 6.10. The van der Waals surface area contributed by atoms with Gasteiger partial charge in [0.1, 0.15) is 0 Å². The van der Waals surface area contributed by atoms with Crippen LogP contribution in [0.25, 0.3) is 0 Å². The lowest BCUT2D eigenvalue weighted by Crippen LogP contribution is -2.42. The molecule has 0 heterocycles. The first-order valence-electron chi connectivity index (χ1n) is 9.38. The second-order valence-electron chi connectivity index (χ2n) is 6.10. The predicted molar refractivity (Wildman–Crippen MR) is 104 cm³/mol. The zero-order chi connectivity index (χ0) is 18.7. The van der Waals surface area contributed by atoms with Crippen LogP contribution in [0.2, 0.25) is 0 Å². The van der Waals surface area contributed by atoms with Crippen molar-refractivity contribution in [3.8, 4) is 0 Å². The molecule has 0 radical (unpaired) electrons. The molecule has 0 unspecified atom stereocenters. The van der Waals surface area contributed by atoms with Gasteiger partial charge in [0.2, 0.25) is 5.60 Å². The van der Waals surface area contributed by atoms with Gasteiger partial charge >= 0.3 is 5.97 Å². The highest BCUT2D eigenvalue weighted by Crippen LogP contribution is 2.35. The van der Waals surface area contributed by atoms with Crippen LogP contribution in [0, 0.1) is 0 Å². The molecule has 0 bridgehead atoms. The zero-order valence-electron chi connectivity index (χ0n) is 15.7. The number of ether oxygens (including phenoxy) is 2. The Kier molecular flexibility index (Phi) is 8.32. The lowest BCUT2D eigenvalue weighted by Gasteiger charge is -2.32. The molecule has 0 aliphatic rings. The summed E-state index contributed by atoms with van der Waals surface area (Å²) >= 11 is 0. The third kappa shape index (κ3) is 4.93. The van der Waals surface area contributed by atoms with Gasteiger partial charge in [-0.05, 0) is 37.1 Å². The molecule has 0 saturated carbocycles. The number of hydrogen-bond acceptors (Lipinski definition) is 4. The monoisotopic (exact) mass is 355 g/mol. The van der Waals surface area contributed by atoms with Crippen LogP contribution >= 0.6 is 0 Å². The highest BCUT2D eigenvalue weighted by atomic mass is 16.6. The van der Waals surface area contributed by atoms with Crippen molar-refractivity contribution in [1.82, 2.24) is 5.32 Å². The normalized spacial score (nSPS) is 11.3. The van der Waals surface area contributed by atoms with Crippen LogP contribution < -0.4 is 5.32 Å². The summed E-state index contributed by atoms with van der Waals surface area (Å²) in [7, 11) is 0. The van der Waals surface area contributed by atoms with Gasteiger partial charge in [-0.1, -0.05) is 74.5 Å². The van der Waals surface area contributed by atoms with E-state index < -0.39 is 5.60 Å². The smallest absolute Gasteiger partial charge is 0.347 e. The van der Waals surface area contributed by atoms with Crippen molar-refractivity contribution in [1.29, 1.82) is 0 Å². The maximum atomic E-state index is 13.2. The van der Waals surface area contributed by atoms with Gasteiger partial charge in [-0.3, -0.25) is 0 Å². The van der Waals surface area contributed by atoms with Crippen LogP contribution in [-0.4, -0.2) is 32.3 Å². The van der Waals surface area contributed by atoms with Gasteiger partial charge in [-0.2, -0.15) is 0 Å². The molecule has 0 amide bonds. The molecule has 2 aromatic carbocycles. The summed E-state index contributed by atoms with van der Waals surface area (Å²) in [5.74, 6) is -0.361. The fourth-order valence-electron chi connectivity index (χ4n) is 2.87. The second kappa shape index (κ2) is 10.7. The highest BCUT2D eigenvalue weighted by molar-refractivity contribution is 5.85. The summed E-state index contributed by atoms with van der Waals surface area (Å²) in [4.78, 5) is 13.2. The Morgan fingerprint density at radius 1 is 0.923 bits per heavy atom. The van der Waals surface area contributed by atoms with E-state index in [-0.39, 0.29) is 5.97 Å². The average Bonchev–Trinajstić information content (AvgIpc) is 2.70. The minimum Gasteiger partial charge on any atom is -0.463 e. The zero-order valence-corrected chi connectivity index (χ0v) is 15.7. The molecular formula is C22H29NO3. The van der Waals surface area contributed by atoms with Crippen molar-refractivity contribution in [2.24, 2.45) is 0 Å². The summed E-state index contributed by atoms with van der Waals surface area (Å²) in [6.07, 6.45) is 1.59. The lowest BCUT2D eigenvalue weighted by molar-refractivity contribution is -0.169. The third-order valence-electron chi connectivity index (χ3n) is 4.15. The Hall–Kier alpha value is -2.17. The van der Waals surface area contributed by atoms with Gasteiger partial charge in [-0.15, -0.1) is 0 Å². The molecular weight excluding hydrogens is 326 g/mol. The quantitative estimate of drug-likeness (QED) is 0.490. The lowest BCUT2D eigenvalue weighted by atomic mass is 9.86. The van der Waals surface area contributed by atoms with E-state index in [4.69, 9.17) is 9.47 Å². The summed E-state index contributed by atoms with van der Waals surface area (Å²) < 4.78 is 11.9. The van der Waals surface area contributed by atoms with Gasteiger partial charge in [0.25, 0.3) is 0 Å². The Balaban J connectivity index is 2.34. The Morgan fingerprint density at radius 2 is 1.50 bits per heavy atom. The van der Waals surface area contributed by atoms with Gasteiger partial charge in [0.05, 0.1) is 6.61 Å². The molecule has 4 nitrogen and oxygen atoms in total. The summed E-state index contributed by atoms with van der Waals surface area (Å²) in [6, 6.07) is 19.2. The number of nitrogens with one attached hydrogen (secondary N) is 1. The standard InChI is InChI=1S/C22H29NO3/c1-3-17-26-22(19-12-7-5-8-13-19,20-14-9-6-10-15-20)21(24)25-18-11-16-23-4-2/h5-10,12-15,23H,3-4,11,16-18H2,1-2H3. The topological polar surface area (TPSA) is 47.6 Å². The van der Waals surface area contributed by atoms with Gasteiger partial charge in [0.15, 0.2) is 0 Å². The minimum atomic E-state index is -1.24. The van der Waals surface area contributed by atoms with E-state index in [1.165, 1.54) is 0 Å². The van der Waals surface area contributed by atoms with E-state index in [0.717, 1.165) is 37.1 Å². The number of rotatable bonds is 11. The molecule has 1 N–H and O–H groups in total. The molecule has 26 heavy (non-hydrogen) atoms. The van der Waals surface area contributed by atoms with Crippen molar-refractivity contribution in [3.05, 3.63) is 71.8 Å². The predicted octanol–water partition coefficient (Wildman–Crippen LogP) is 3.90. The van der Waals surface area contributed by atoms with E-state index >= 15 is 0 Å². The van der Waals surface area contributed by atoms with E-state index in [9.17, 15) is 4.79 Å². The van der Waals surface area contributed by atoms with E-state index in [1.807, 2.05) is 67.6 Å². The van der Waals surface area contributed by atoms with Crippen LogP contribution in [0.15, 0.2) is 60.7 Å². The molecule has 0 atom stereocenters. The third-order valence-corrected chi connectivity index (χ3v) is 4.15. The molecule has 4 heteroatoms. The number of carbonyl (C=O) groups is 1. The Morgan fingerprint density at radius 3 is 2.00 bits per heavy atom. The molecule has 0 aromatic heterocycles. The molecule has 2 aromatic rings. The fraction of sp³-hybridized carbons (Fsp3) is 0.409. The van der Waals surface area contributed by atoms with Crippen LogP contribution in [0.3, 0.4) is 0 Å². The van der Waals surface area contributed by atoms with Crippen molar-refractivity contribution >= 4 is 5.97 Å². The summed E-state index contributed by atoms with van der Waals surface area (Å²) in [5, 5.41) is 3.24. The Labute approximate surface area is 156 Å². The average molecular weight is 355 g/mol. The minimum absolute atomic E-state index is 0.361. The number of esters is 1. The highest BCUT2D eigenvalue weighted by Gasteiger charge is 2.44. The number of benzene rings is 2. The van der Waals surface area contributed by atoms with Crippen LogP contribution in [0.1, 0.15) is 37.8 Å². The number of carbonyl (C=O) groups excluding carboxylic acids is 1. The number of hydrogen-bond donors (Lipinski definition) is 1. The van der Waals surface area contributed by atoms with Gasteiger partial charge < -0.3 is 14.8 Å². The first-order valence-corrected chi connectivity index (χ1v) is 9.38. The van der Waals surface area contributed by atoms with Crippen molar-refractivity contribution < 1.29 is 14.3 Å². The summed E-state index contributed by atoms with van der Waals surface area (Å²) in [6.45, 7) is 6.65. The first kappa shape index (κ1) is 20.1. The fourth-order valence-corrected chi connectivity index (χ4v) is 2.87. The molecule has 0 aliphatic heterocycles. The van der Waals surface area contributed by atoms with Gasteiger partial charge in [-0.25, -0.2) is 4.79 Å². The molecule has 2 rings (SSSR count). The SMILES string of the molecule is CCCOC(C(=O)OCCCNCC)(c1ccccc1)c1ccccc1. The van der Waals surface area contributed by atoms with Crippen LogP contribution in [0.5, 0.6) is 0 Å². The van der Waals surface area contributed by atoms with Crippen LogP contribution in [-0.2, 0) is 19.9 Å². The molecule has 0 fully saturated rings. The van der Waals surface area contributed by atoms with E-state index in [2.05, 4.69) is 12.2 Å². The largest absolute Gasteiger partial charge is 0.463 e. The molecule has 0 spiro atoms. The van der Waals surface area contributed by atoms with Gasteiger partial charge in [0, 0.05) is 6.61 Å². The maximum Gasteiger partial charge on any atom is 0.347 e. The molecule has 0 saturated heterocycles. The summed E-state index contributed by atoms with van der Waals surface area (Å²) in [5.41, 5.74) is 0.337. The van der Waals surface area contributed by atoms with E-state index in [1.54, 1.807) is 0 Å². The molecule has 0 aliphatic carbocycles. The van der Waals surface area contributed by atoms with Crippen molar-refractivity contribution in [2.75, 3.05) is 26.3 Å². The van der Waals surface area contributed by atoms with Crippen LogP contribution in [0.4, 0.5) is 0 Å². The first-order chi connectivity index (χ1) is 12.8.